The zero-order valence-electron chi connectivity index (χ0n) is 30.2. The zero-order valence-corrected chi connectivity index (χ0v) is 31.9. The van der Waals surface area contributed by atoms with Crippen molar-refractivity contribution >= 4 is 76.0 Å². The lowest BCUT2D eigenvalue weighted by Gasteiger charge is -2.37. The van der Waals surface area contributed by atoms with Gasteiger partial charge in [0.2, 0.25) is 0 Å². The van der Waals surface area contributed by atoms with E-state index in [2.05, 4.69) is 199 Å². The summed E-state index contributed by atoms with van der Waals surface area (Å²) in [5, 5.41) is 3.95. The van der Waals surface area contributed by atoms with E-state index in [4.69, 9.17) is 0 Å². The summed E-state index contributed by atoms with van der Waals surface area (Å²) in [6.45, 7) is 0. The molecule has 0 radical (unpaired) electrons. The van der Waals surface area contributed by atoms with E-state index in [0.29, 0.717) is 0 Å². The Bertz CT molecular complexity index is 2940. The molecule has 3 heteroatoms. The van der Waals surface area contributed by atoms with Gasteiger partial charge in [0, 0.05) is 52.9 Å². The van der Waals surface area contributed by atoms with Crippen molar-refractivity contribution in [1.29, 1.82) is 0 Å². The van der Waals surface area contributed by atoms with Crippen LogP contribution in [0.4, 0.5) is 11.4 Å². The van der Waals surface area contributed by atoms with Crippen molar-refractivity contribution in [2.75, 3.05) is 4.90 Å². The normalized spacial score (nSPS) is 19.7. The van der Waals surface area contributed by atoms with Crippen LogP contribution in [0.2, 0.25) is 0 Å². The van der Waals surface area contributed by atoms with Gasteiger partial charge in [-0.15, -0.1) is 22.7 Å². The van der Waals surface area contributed by atoms with Gasteiger partial charge in [-0.2, -0.15) is 0 Å². The number of benzene rings is 5. The van der Waals surface area contributed by atoms with Crippen molar-refractivity contribution in [3.05, 3.63) is 226 Å². The molecule has 0 fully saturated rings. The van der Waals surface area contributed by atoms with Crippen LogP contribution in [0.15, 0.2) is 199 Å². The molecule has 2 heterocycles. The molecule has 2 unspecified atom stereocenters. The highest BCUT2D eigenvalue weighted by Gasteiger charge is 2.47. The zero-order chi connectivity index (χ0) is 36.3. The van der Waals surface area contributed by atoms with Crippen LogP contribution in [0.3, 0.4) is 0 Å². The van der Waals surface area contributed by atoms with E-state index < -0.39 is 5.41 Å². The van der Waals surface area contributed by atoms with E-state index in [0.717, 1.165) is 12.8 Å². The predicted molar refractivity (Wildman–Crippen MR) is 239 cm³/mol. The molecule has 0 amide bonds. The highest BCUT2D eigenvalue weighted by atomic mass is 32.1. The second kappa shape index (κ2) is 13.1. The minimum absolute atomic E-state index is 0.0385. The van der Waals surface area contributed by atoms with Crippen molar-refractivity contribution in [2.45, 2.75) is 24.3 Å². The third kappa shape index (κ3) is 5.11. The molecule has 4 aliphatic rings. The van der Waals surface area contributed by atoms with Gasteiger partial charge in [-0.1, -0.05) is 152 Å². The van der Waals surface area contributed by atoms with Gasteiger partial charge in [0.15, 0.2) is 0 Å². The first-order chi connectivity index (χ1) is 27.3. The molecule has 262 valence electrons. The van der Waals surface area contributed by atoms with Crippen LogP contribution in [-0.2, 0) is 11.8 Å². The predicted octanol–water partition coefficient (Wildman–Crippen LogP) is 14.2. The molecule has 55 heavy (non-hydrogen) atoms. The Labute approximate surface area is 329 Å². The maximum atomic E-state index is 2.55. The van der Waals surface area contributed by atoms with Gasteiger partial charge < -0.3 is 4.90 Å². The van der Waals surface area contributed by atoms with Gasteiger partial charge >= 0.3 is 0 Å². The average molecular weight is 740 g/mol. The van der Waals surface area contributed by atoms with Crippen molar-refractivity contribution in [3.63, 3.8) is 0 Å². The summed E-state index contributed by atoms with van der Waals surface area (Å²) in [7, 11) is 0. The SMILES string of the molecule is C1=CC=C(C2(c3ccccc3)C3=C(C=CC(N(c4ccc5sc6c(c5c4)C=CC=CC6)c4ccc5sc6ccccc6c5c4)C=C3)c3ccccc32)CC=C1. The first-order valence-electron chi connectivity index (χ1n) is 19.2. The fraction of sp³-hybridized carbons (Fsp3) is 0.0769. The summed E-state index contributed by atoms with van der Waals surface area (Å²) in [4.78, 5) is 3.98. The number of fused-ring (bicyclic) bond motifs is 8. The van der Waals surface area contributed by atoms with Crippen molar-refractivity contribution < 1.29 is 0 Å². The second-order valence-electron chi connectivity index (χ2n) is 14.7. The van der Waals surface area contributed by atoms with Crippen molar-refractivity contribution in [3.8, 4) is 0 Å². The van der Waals surface area contributed by atoms with Crippen molar-refractivity contribution in [2.24, 2.45) is 0 Å². The Morgan fingerprint density at radius 3 is 2.20 bits per heavy atom. The maximum absolute atomic E-state index is 2.55. The minimum atomic E-state index is -0.422. The number of anilines is 2. The Morgan fingerprint density at radius 2 is 1.29 bits per heavy atom. The molecule has 0 saturated heterocycles. The summed E-state index contributed by atoms with van der Waals surface area (Å²) in [6, 6.07) is 43.2. The molecule has 2 atom stereocenters. The summed E-state index contributed by atoms with van der Waals surface area (Å²) in [5.41, 5.74) is 11.3. The van der Waals surface area contributed by atoms with Gasteiger partial charge in [0.1, 0.15) is 0 Å². The first kappa shape index (κ1) is 32.4. The molecular formula is C52H37NS2. The van der Waals surface area contributed by atoms with Gasteiger partial charge in [-0.05, 0) is 87.9 Å². The summed E-state index contributed by atoms with van der Waals surface area (Å²) < 4.78 is 3.98. The van der Waals surface area contributed by atoms with Gasteiger partial charge in [-0.3, -0.25) is 0 Å². The molecular weight excluding hydrogens is 703 g/mol. The lowest BCUT2D eigenvalue weighted by Crippen LogP contribution is -2.31. The average Bonchev–Trinajstić information content (AvgIpc) is 3.54. The van der Waals surface area contributed by atoms with Crippen molar-refractivity contribution in [1.82, 2.24) is 0 Å². The lowest BCUT2D eigenvalue weighted by molar-refractivity contribution is 0.720. The van der Waals surface area contributed by atoms with E-state index in [-0.39, 0.29) is 6.04 Å². The van der Waals surface area contributed by atoms with Crippen LogP contribution >= 0.6 is 22.7 Å². The first-order valence-corrected chi connectivity index (χ1v) is 20.8. The molecule has 1 nitrogen and oxygen atoms in total. The van der Waals surface area contributed by atoms with E-state index in [1.54, 1.807) is 0 Å². The number of thiophene rings is 2. The molecule has 4 aliphatic carbocycles. The highest BCUT2D eigenvalue weighted by molar-refractivity contribution is 7.25. The second-order valence-corrected chi connectivity index (χ2v) is 16.9. The maximum Gasteiger partial charge on any atom is 0.0712 e. The number of allylic oxidation sites excluding steroid dienone is 13. The summed E-state index contributed by atoms with van der Waals surface area (Å²) >= 11 is 3.80. The monoisotopic (exact) mass is 739 g/mol. The Kier molecular flexibility index (Phi) is 7.72. The molecule has 0 saturated carbocycles. The number of nitrogens with zero attached hydrogens (tertiary/aromatic N) is 1. The Hall–Kier alpha value is -6.00. The van der Waals surface area contributed by atoms with Crippen LogP contribution in [0.25, 0.3) is 41.9 Å². The van der Waals surface area contributed by atoms with Crippen LogP contribution in [0, 0.1) is 0 Å². The molecule has 11 rings (SSSR count). The molecule has 2 aromatic heterocycles. The van der Waals surface area contributed by atoms with Gasteiger partial charge in [-0.25, -0.2) is 0 Å². The summed E-state index contributed by atoms with van der Waals surface area (Å²) in [6.07, 6.45) is 31.7. The Balaban J connectivity index is 1.12. The number of hydrogen-bond acceptors (Lipinski definition) is 3. The molecule has 0 bridgehead atoms. The van der Waals surface area contributed by atoms with Crippen LogP contribution in [-0.4, -0.2) is 6.04 Å². The smallest absolute Gasteiger partial charge is 0.0712 e. The largest absolute Gasteiger partial charge is 0.331 e. The third-order valence-electron chi connectivity index (χ3n) is 11.7. The third-order valence-corrected chi connectivity index (χ3v) is 14.1. The standard InChI is InChI=1S/C52H37NS2/c1-2-6-16-35(15-5-1)52(36-17-7-3-8-18-36)46-22-13-11-19-40(46)41-29-25-37(26-30-47(41)52)53(39-28-32-51-45(34-39)43-21-12-14-24-49(43)55-51)38-27-31-50-44(33-38)42-20-9-4-10-23-48(42)54-50/h1-15,17-22,24-34,37H,16,23H2. The number of rotatable bonds is 5. The van der Waals surface area contributed by atoms with Crippen LogP contribution < -0.4 is 4.90 Å². The molecule has 5 aromatic carbocycles. The Morgan fingerprint density at radius 1 is 0.564 bits per heavy atom. The van der Waals surface area contributed by atoms with Crippen LogP contribution in [0.5, 0.6) is 0 Å². The van der Waals surface area contributed by atoms with Gasteiger partial charge in [0.05, 0.1) is 11.5 Å². The van der Waals surface area contributed by atoms with Crippen LogP contribution in [0.1, 0.15) is 33.6 Å². The van der Waals surface area contributed by atoms with Gasteiger partial charge in [0.25, 0.3) is 0 Å². The lowest BCUT2D eigenvalue weighted by atomic mass is 9.65. The fourth-order valence-corrected chi connectivity index (χ4v) is 11.6. The molecule has 0 N–H and O–H groups in total. The quantitative estimate of drug-likeness (QED) is 0.170. The van der Waals surface area contributed by atoms with E-state index in [9.17, 15) is 0 Å². The molecule has 0 spiro atoms. The topological polar surface area (TPSA) is 3.24 Å². The fourth-order valence-electron chi connectivity index (χ4n) is 9.35. The highest BCUT2D eigenvalue weighted by Crippen LogP contribution is 2.57. The number of hydrogen-bond donors (Lipinski definition) is 0. The molecule has 0 aliphatic heterocycles. The van der Waals surface area contributed by atoms with E-state index in [1.807, 2.05) is 22.7 Å². The minimum Gasteiger partial charge on any atom is -0.331 e. The summed E-state index contributed by atoms with van der Waals surface area (Å²) in [5.74, 6) is 0. The van der Waals surface area contributed by atoms with E-state index >= 15 is 0 Å². The molecule has 7 aromatic rings. The van der Waals surface area contributed by atoms with E-state index in [1.165, 1.54) is 85.5 Å².